The highest BCUT2D eigenvalue weighted by molar-refractivity contribution is 5.46. The Bertz CT molecular complexity index is 412. The van der Waals surface area contributed by atoms with Crippen LogP contribution in [0.4, 0.5) is 5.82 Å². The minimum absolute atomic E-state index is 0.246. The Hall–Kier alpha value is -1.09. The maximum Gasteiger partial charge on any atom is 0.129 e. The Balaban J connectivity index is 2.34. The molecule has 100 valence electrons. The molecule has 1 aromatic rings. The normalized spacial score (nSPS) is 18.3. The topological polar surface area (TPSA) is 28.2 Å². The number of aromatic nitrogens is 1. The van der Waals surface area contributed by atoms with Crippen LogP contribution in [0.25, 0.3) is 0 Å². The Labute approximate surface area is 111 Å². The lowest BCUT2D eigenvalue weighted by atomic mass is 10.0. The summed E-state index contributed by atoms with van der Waals surface area (Å²) < 4.78 is 0. The number of anilines is 1. The Morgan fingerprint density at radius 2 is 2.17 bits per heavy atom. The van der Waals surface area contributed by atoms with Gasteiger partial charge in [0.2, 0.25) is 0 Å². The first-order valence-electron chi connectivity index (χ1n) is 6.99. The van der Waals surface area contributed by atoms with Gasteiger partial charge in [0.15, 0.2) is 0 Å². The maximum absolute atomic E-state index is 4.81. The lowest BCUT2D eigenvalue weighted by Crippen LogP contribution is -2.38. The average molecular weight is 247 g/mol. The lowest BCUT2D eigenvalue weighted by molar-refractivity contribution is 0.513. The van der Waals surface area contributed by atoms with E-state index in [2.05, 4.69) is 43.1 Å². The molecule has 2 rings (SSSR count). The van der Waals surface area contributed by atoms with E-state index in [9.17, 15) is 0 Å². The Morgan fingerprint density at radius 3 is 2.72 bits per heavy atom. The number of pyridine rings is 1. The summed E-state index contributed by atoms with van der Waals surface area (Å²) in [5.41, 5.74) is 2.78. The fourth-order valence-electron chi connectivity index (χ4n) is 2.79. The van der Waals surface area contributed by atoms with Crippen LogP contribution in [0.3, 0.4) is 0 Å². The minimum atomic E-state index is 0.246. The SMILES string of the molecule is CCc1cc(CNC)cc(N2CCCC2(C)C)n1. The summed E-state index contributed by atoms with van der Waals surface area (Å²) in [6.07, 6.45) is 3.53. The standard InChI is InChI=1S/C15H25N3/c1-5-13-9-12(11-16-4)10-14(17-13)18-8-6-7-15(18,2)3/h9-10,16H,5-8,11H2,1-4H3. The second-order valence-corrected chi connectivity index (χ2v) is 5.78. The van der Waals surface area contributed by atoms with Crippen LogP contribution in [0.5, 0.6) is 0 Å². The van der Waals surface area contributed by atoms with Crippen LogP contribution < -0.4 is 10.2 Å². The molecule has 0 unspecified atom stereocenters. The molecule has 2 heterocycles. The third-order valence-corrected chi connectivity index (χ3v) is 3.85. The first-order chi connectivity index (χ1) is 8.56. The molecule has 0 bridgehead atoms. The van der Waals surface area contributed by atoms with Gasteiger partial charge in [-0.25, -0.2) is 4.98 Å². The van der Waals surface area contributed by atoms with E-state index in [1.54, 1.807) is 0 Å². The van der Waals surface area contributed by atoms with E-state index in [-0.39, 0.29) is 5.54 Å². The van der Waals surface area contributed by atoms with E-state index in [1.807, 2.05) is 7.05 Å². The summed E-state index contributed by atoms with van der Waals surface area (Å²) in [5.74, 6) is 1.15. The van der Waals surface area contributed by atoms with Gasteiger partial charge in [0, 0.05) is 24.3 Å². The van der Waals surface area contributed by atoms with Crippen LogP contribution in [-0.4, -0.2) is 24.1 Å². The smallest absolute Gasteiger partial charge is 0.129 e. The molecule has 1 fully saturated rings. The summed E-state index contributed by atoms with van der Waals surface area (Å²) in [5, 5.41) is 3.23. The fourth-order valence-corrected chi connectivity index (χ4v) is 2.79. The molecule has 0 aromatic carbocycles. The van der Waals surface area contributed by atoms with Crippen molar-refractivity contribution in [3.8, 4) is 0 Å². The fraction of sp³-hybridized carbons (Fsp3) is 0.667. The molecular formula is C15H25N3. The first kappa shape index (κ1) is 13.3. The van der Waals surface area contributed by atoms with Gasteiger partial charge in [0.25, 0.3) is 0 Å². The number of hydrogen-bond donors (Lipinski definition) is 1. The first-order valence-corrected chi connectivity index (χ1v) is 6.99. The molecule has 1 saturated heterocycles. The van der Waals surface area contributed by atoms with E-state index < -0.39 is 0 Å². The molecular weight excluding hydrogens is 222 g/mol. The molecule has 1 aliphatic rings. The van der Waals surface area contributed by atoms with Crippen molar-refractivity contribution >= 4 is 5.82 Å². The molecule has 18 heavy (non-hydrogen) atoms. The van der Waals surface area contributed by atoms with E-state index in [0.717, 1.165) is 25.3 Å². The number of hydrogen-bond acceptors (Lipinski definition) is 3. The summed E-state index contributed by atoms with van der Waals surface area (Å²) in [6, 6.07) is 4.45. The van der Waals surface area contributed by atoms with Crippen molar-refractivity contribution in [2.24, 2.45) is 0 Å². The molecule has 0 radical (unpaired) electrons. The Morgan fingerprint density at radius 1 is 1.39 bits per heavy atom. The molecule has 0 atom stereocenters. The summed E-state index contributed by atoms with van der Waals surface area (Å²) >= 11 is 0. The minimum Gasteiger partial charge on any atom is -0.351 e. The molecule has 0 aliphatic carbocycles. The van der Waals surface area contributed by atoms with Crippen LogP contribution in [-0.2, 0) is 13.0 Å². The van der Waals surface area contributed by atoms with E-state index in [0.29, 0.717) is 0 Å². The molecule has 1 aliphatic heterocycles. The van der Waals surface area contributed by atoms with Crippen LogP contribution in [0, 0.1) is 0 Å². The van der Waals surface area contributed by atoms with Crippen molar-refractivity contribution in [2.75, 3.05) is 18.5 Å². The second kappa shape index (κ2) is 5.27. The predicted molar refractivity (Wildman–Crippen MR) is 77.0 cm³/mol. The molecule has 1 aromatic heterocycles. The summed E-state index contributed by atoms with van der Waals surface area (Å²) in [7, 11) is 1.99. The van der Waals surface area contributed by atoms with Crippen LogP contribution in [0.2, 0.25) is 0 Å². The zero-order valence-electron chi connectivity index (χ0n) is 12.1. The highest BCUT2D eigenvalue weighted by Gasteiger charge is 2.32. The maximum atomic E-state index is 4.81. The van der Waals surface area contributed by atoms with Crippen molar-refractivity contribution in [1.29, 1.82) is 0 Å². The predicted octanol–water partition coefficient (Wildman–Crippen LogP) is 2.74. The third kappa shape index (κ3) is 2.66. The van der Waals surface area contributed by atoms with Crippen LogP contribution in [0.1, 0.15) is 44.9 Å². The molecule has 3 nitrogen and oxygen atoms in total. The van der Waals surface area contributed by atoms with Crippen molar-refractivity contribution < 1.29 is 0 Å². The highest BCUT2D eigenvalue weighted by Crippen LogP contribution is 2.33. The van der Waals surface area contributed by atoms with E-state index in [1.165, 1.54) is 24.1 Å². The van der Waals surface area contributed by atoms with Gasteiger partial charge in [-0.05, 0) is 57.9 Å². The van der Waals surface area contributed by atoms with Gasteiger partial charge in [-0.3, -0.25) is 0 Å². The van der Waals surface area contributed by atoms with Crippen LogP contribution >= 0.6 is 0 Å². The van der Waals surface area contributed by atoms with E-state index >= 15 is 0 Å². The lowest BCUT2D eigenvalue weighted by Gasteiger charge is -2.33. The molecule has 0 amide bonds. The molecule has 0 saturated carbocycles. The van der Waals surface area contributed by atoms with Gasteiger partial charge < -0.3 is 10.2 Å². The monoisotopic (exact) mass is 247 g/mol. The number of rotatable bonds is 4. The largest absolute Gasteiger partial charge is 0.351 e. The number of aryl methyl sites for hydroxylation is 1. The average Bonchev–Trinajstić information content (AvgIpc) is 2.69. The molecule has 3 heteroatoms. The Kier molecular flexibility index (Phi) is 3.91. The molecule has 1 N–H and O–H groups in total. The number of nitrogens with zero attached hydrogens (tertiary/aromatic N) is 2. The summed E-state index contributed by atoms with van der Waals surface area (Å²) in [6.45, 7) is 8.85. The highest BCUT2D eigenvalue weighted by atomic mass is 15.3. The number of nitrogens with one attached hydrogen (secondary N) is 1. The third-order valence-electron chi connectivity index (χ3n) is 3.85. The van der Waals surface area contributed by atoms with Crippen molar-refractivity contribution in [3.63, 3.8) is 0 Å². The van der Waals surface area contributed by atoms with Crippen molar-refractivity contribution in [1.82, 2.24) is 10.3 Å². The van der Waals surface area contributed by atoms with Gasteiger partial charge in [-0.2, -0.15) is 0 Å². The zero-order valence-corrected chi connectivity index (χ0v) is 12.1. The van der Waals surface area contributed by atoms with Gasteiger partial charge in [0.1, 0.15) is 5.82 Å². The molecule has 0 spiro atoms. The van der Waals surface area contributed by atoms with Gasteiger partial charge in [-0.15, -0.1) is 0 Å². The second-order valence-electron chi connectivity index (χ2n) is 5.78. The summed E-state index contributed by atoms with van der Waals surface area (Å²) in [4.78, 5) is 7.27. The van der Waals surface area contributed by atoms with E-state index in [4.69, 9.17) is 4.98 Å². The van der Waals surface area contributed by atoms with Gasteiger partial charge >= 0.3 is 0 Å². The van der Waals surface area contributed by atoms with Crippen molar-refractivity contribution in [3.05, 3.63) is 23.4 Å². The zero-order chi connectivity index (χ0) is 13.2. The quantitative estimate of drug-likeness (QED) is 0.886. The van der Waals surface area contributed by atoms with Gasteiger partial charge in [-0.1, -0.05) is 6.92 Å². The van der Waals surface area contributed by atoms with Crippen LogP contribution in [0.15, 0.2) is 12.1 Å². The van der Waals surface area contributed by atoms with Gasteiger partial charge in [0.05, 0.1) is 0 Å². The van der Waals surface area contributed by atoms with Crippen molar-refractivity contribution in [2.45, 2.75) is 52.1 Å².